The van der Waals surface area contributed by atoms with E-state index in [1.165, 1.54) is 28.8 Å². The van der Waals surface area contributed by atoms with Crippen LogP contribution < -0.4 is 9.64 Å². The average molecular weight is 610 g/mol. The number of benzene rings is 4. The fourth-order valence-electron chi connectivity index (χ4n) is 3.80. The minimum atomic E-state index is -0.996. The smallest absolute Gasteiger partial charge is 0.335 e. The lowest BCUT2D eigenvalue weighted by Gasteiger charge is -2.15. The molecule has 0 aliphatic carbocycles. The summed E-state index contributed by atoms with van der Waals surface area (Å²) in [6.45, 7) is 0.193. The van der Waals surface area contributed by atoms with Gasteiger partial charge in [0, 0.05) is 20.6 Å². The van der Waals surface area contributed by atoms with Crippen LogP contribution in [0.15, 0.2) is 101 Å². The van der Waals surface area contributed by atoms with Crippen LogP contribution in [0.25, 0.3) is 6.08 Å². The fourth-order valence-corrected chi connectivity index (χ4v) is 5.23. The van der Waals surface area contributed by atoms with Crippen molar-refractivity contribution in [2.45, 2.75) is 6.61 Å². The molecule has 1 fully saturated rings. The van der Waals surface area contributed by atoms with Crippen LogP contribution in [-0.2, 0) is 11.4 Å². The highest BCUT2D eigenvalue weighted by atomic mass is 35.5. The van der Waals surface area contributed by atoms with Gasteiger partial charge in [0.25, 0.3) is 5.91 Å². The Morgan fingerprint density at radius 2 is 1.50 bits per heavy atom. The van der Waals surface area contributed by atoms with Gasteiger partial charge in [-0.2, -0.15) is 0 Å². The Labute approximate surface area is 249 Å². The summed E-state index contributed by atoms with van der Waals surface area (Å²) in [6, 6.07) is 25.5. The van der Waals surface area contributed by atoms with Crippen molar-refractivity contribution in [2.75, 3.05) is 4.90 Å². The molecule has 0 spiro atoms. The van der Waals surface area contributed by atoms with Crippen molar-refractivity contribution < 1.29 is 19.4 Å². The lowest BCUT2D eigenvalue weighted by Crippen LogP contribution is -2.28. The number of aromatic carboxylic acids is 1. The largest absolute Gasteiger partial charge is 0.488 e. The maximum absolute atomic E-state index is 13.7. The minimum absolute atomic E-state index is 0.193. The number of nitrogens with zero attached hydrogens (tertiary/aromatic N) is 2. The number of ether oxygens (including phenoxy) is 1. The number of hydrogen-bond acceptors (Lipinski definition) is 5. The monoisotopic (exact) mass is 608 g/mol. The van der Waals surface area contributed by atoms with Gasteiger partial charge in [0.05, 0.1) is 21.8 Å². The summed E-state index contributed by atoms with van der Waals surface area (Å²) in [6.07, 6.45) is 1.72. The van der Waals surface area contributed by atoms with Gasteiger partial charge >= 0.3 is 5.97 Å². The average Bonchev–Trinajstić information content (AvgIpc) is 3.24. The van der Waals surface area contributed by atoms with E-state index in [1.54, 1.807) is 84.9 Å². The highest BCUT2D eigenvalue weighted by Gasteiger charge is 2.35. The zero-order chi connectivity index (χ0) is 28.2. The third-order valence-electron chi connectivity index (χ3n) is 5.80. The number of halogens is 3. The van der Waals surface area contributed by atoms with Crippen molar-refractivity contribution in [3.63, 3.8) is 0 Å². The summed E-state index contributed by atoms with van der Waals surface area (Å²) in [5.74, 6) is -0.756. The second kappa shape index (κ2) is 12.2. The third kappa shape index (κ3) is 6.51. The quantitative estimate of drug-likeness (QED) is 0.212. The summed E-state index contributed by atoms with van der Waals surface area (Å²) >= 11 is 19.6. The Hall–Kier alpha value is -3.75. The molecule has 1 saturated heterocycles. The molecule has 200 valence electrons. The molecular formula is C30H19Cl3N2O4S. The standard InChI is InChI=1S/C30H19Cl3N2O4S/c31-21-5-10-24(11-6-21)34-30-35(25-12-7-22(32)8-13-25)28(36)27(40-30)16-20-15-23(33)9-14-26(20)39-17-18-1-3-19(4-2-18)29(37)38/h1-16H,17H2,(H,37,38)/b27-16-,34-30?. The molecule has 1 N–H and O–H groups in total. The Morgan fingerprint density at radius 1 is 0.875 bits per heavy atom. The second-order valence-electron chi connectivity index (χ2n) is 8.57. The molecule has 1 aliphatic heterocycles. The number of carboxylic acid groups (broad SMARTS) is 1. The SMILES string of the molecule is O=C(O)c1ccc(COc2ccc(Cl)cc2/C=C2\SC(=Nc3ccc(Cl)cc3)N(c3ccc(Cl)cc3)C2=O)cc1. The van der Waals surface area contributed by atoms with E-state index in [1.807, 2.05) is 0 Å². The topological polar surface area (TPSA) is 79.2 Å². The van der Waals surface area contributed by atoms with Gasteiger partial charge in [0.15, 0.2) is 5.17 Å². The maximum atomic E-state index is 13.7. The van der Waals surface area contributed by atoms with Crippen LogP contribution in [-0.4, -0.2) is 22.2 Å². The summed E-state index contributed by atoms with van der Waals surface area (Å²) in [5.41, 5.74) is 2.84. The molecule has 0 aromatic heterocycles. The number of carbonyl (C=O) groups excluding carboxylic acids is 1. The first kappa shape index (κ1) is 27.8. The van der Waals surface area contributed by atoms with E-state index in [-0.39, 0.29) is 18.1 Å². The number of carbonyl (C=O) groups is 2. The van der Waals surface area contributed by atoms with Crippen molar-refractivity contribution in [3.8, 4) is 5.75 Å². The summed E-state index contributed by atoms with van der Waals surface area (Å²) in [7, 11) is 0. The number of rotatable bonds is 7. The van der Waals surface area contributed by atoms with Gasteiger partial charge in [0.1, 0.15) is 12.4 Å². The fraction of sp³-hybridized carbons (Fsp3) is 0.0333. The molecule has 4 aromatic carbocycles. The Kier molecular flexibility index (Phi) is 8.47. The van der Waals surface area contributed by atoms with Crippen molar-refractivity contribution in [1.29, 1.82) is 0 Å². The number of anilines is 1. The van der Waals surface area contributed by atoms with E-state index in [0.29, 0.717) is 47.8 Å². The van der Waals surface area contributed by atoms with Gasteiger partial charge < -0.3 is 9.84 Å². The molecule has 10 heteroatoms. The molecule has 4 aromatic rings. The Morgan fingerprint density at radius 3 is 2.15 bits per heavy atom. The lowest BCUT2D eigenvalue weighted by molar-refractivity contribution is -0.113. The number of carboxylic acids is 1. The molecule has 0 saturated carbocycles. The van der Waals surface area contributed by atoms with Crippen molar-refractivity contribution in [3.05, 3.63) is 128 Å². The highest BCUT2D eigenvalue weighted by molar-refractivity contribution is 8.19. The van der Waals surface area contributed by atoms with E-state index < -0.39 is 5.97 Å². The number of aliphatic imine (C=N–C) groups is 1. The second-order valence-corrected chi connectivity index (χ2v) is 10.9. The molecule has 40 heavy (non-hydrogen) atoms. The van der Waals surface area contributed by atoms with Gasteiger partial charge in [-0.25, -0.2) is 9.79 Å². The molecule has 0 bridgehead atoms. The predicted octanol–water partition coefficient (Wildman–Crippen LogP) is 8.73. The van der Waals surface area contributed by atoms with E-state index in [0.717, 1.165) is 5.56 Å². The Bertz CT molecular complexity index is 1640. The van der Waals surface area contributed by atoms with Gasteiger partial charge in [-0.15, -0.1) is 0 Å². The first-order chi connectivity index (χ1) is 19.3. The number of amidine groups is 1. The van der Waals surface area contributed by atoms with Crippen molar-refractivity contribution >= 4 is 81.1 Å². The van der Waals surface area contributed by atoms with Gasteiger partial charge in [0.2, 0.25) is 0 Å². The number of thioether (sulfide) groups is 1. The molecule has 0 unspecified atom stereocenters. The van der Waals surface area contributed by atoms with E-state index in [4.69, 9.17) is 49.6 Å². The first-order valence-electron chi connectivity index (χ1n) is 11.9. The number of hydrogen-bond donors (Lipinski definition) is 1. The molecule has 6 nitrogen and oxygen atoms in total. The molecule has 1 aliphatic rings. The van der Waals surface area contributed by atoms with Crippen LogP contribution in [0.3, 0.4) is 0 Å². The zero-order valence-electron chi connectivity index (χ0n) is 20.6. The maximum Gasteiger partial charge on any atom is 0.335 e. The van der Waals surface area contributed by atoms with E-state index in [2.05, 4.69) is 0 Å². The summed E-state index contributed by atoms with van der Waals surface area (Å²) in [4.78, 5) is 31.5. The van der Waals surface area contributed by atoms with Crippen LogP contribution in [0.2, 0.25) is 15.1 Å². The normalized spacial score (nSPS) is 15.2. The highest BCUT2D eigenvalue weighted by Crippen LogP contribution is 2.39. The molecule has 1 heterocycles. The van der Waals surface area contributed by atoms with Crippen molar-refractivity contribution in [2.24, 2.45) is 4.99 Å². The summed E-state index contributed by atoms with van der Waals surface area (Å²) < 4.78 is 6.04. The molecule has 0 atom stereocenters. The van der Waals surface area contributed by atoms with Crippen LogP contribution in [0, 0.1) is 0 Å². The molecule has 5 rings (SSSR count). The predicted molar refractivity (Wildman–Crippen MR) is 162 cm³/mol. The van der Waals surface area contributed by atoms with Gasteiger partial charge in [-0.05, 0) is 102 Å². The van der Waals surface area contributed by atoms with Crippen LogP contribution >= 0.6 is 46.6 Å². The Balaban J connectivity index is 1.47. The first-order valence-corrected chi connectivity index (χ1v) is 13.8. The van der Waals surface area contributed by atoms with Crippen LogP contribution in [0.4, 0.5) is 11.4 Å². The van der Waals surface area contributed by atoms with E-state index >= 15 is 0 Å². The van der Waals surface area contributed by atoms with Crippen LogP contribution in [0.5, 0.6) is 5.75 Å². The zero-order valence-corrected chi connectivity index (χ0v) is 23.6. The third-order valence-corrected chi connectivity index (χ3v) is 7.50. The number of amides is 1. The molecule has 0 radical (unpaired) electrons. The minimum Gasteiger partial charge on any atom is -0.488 e. The molecule has 1 amide bonds. The summed E-state index contributed by atoms with van der Waals surface area (Å²) in [5, 5.41) is 11.2. The lowest BCUT2D eigenvalue weighted by atomic mass is 10.1. The molecular weight excluding hydrogens is 591 g/mol. The van der Waals surface area contributed by atoms with Gasteiger partial charge in [-0.1, -0.05) is 46.9 Å². The van der Waals surface area contributed by atoms with Crippen LogP contribution in [0.1, 0.15) is 21.5 Å². The van der Waals surface area contributed by atoms with Crippen molar-refractivity contribution in [1.82, 2.24) is 0 Å². The van der Waals surface area contributed by atoms with Gasteiger partial charge in [-0.3, -0.25) is 9.69 Å². The van der Waals surface area contributed by atoms with E-state index in [9.17, 15) is 9.59 Å².